The van der Waals surface area contributed by atoms with Gasteiger partial charge in [0.05, 0.1) is 18.0 Å². The average molecular weight is 272 g/mol. The lowest BCUT2D eigenvalue weighted by Crippen LogP contribution is -2.08. The van der Waals surface area contributed by atoms with E-state index in [2.05, 4.69) is 5.32 Å². The highest BCUT2D eigenvalue weighted by Crippen LogP contribution is 2.29. The summed E-state index contributed by atoms with van der Waals surface area (Å²) in [6.07, 6.45) is 0.860. The summed E-state index contributed by atoms with van der Waals surface area (Å²) in [5.74, 6) is 0.998. The number of hydrogen-bond donors (Lipinski definition) is 3. The van der Waals surface area contributed by atoms with Crippen molar-refractivity contribution in [3.05, 3.63) is 48.0 Å². The van der Waals surface area contributed by atoms with E-state index < -0.39 is 0 Å². The predicted molar refractivity (Wildman–Crippen MR) is 82.3 cm³/mol. The molecule has 4 N–H and O–H groups in total. The average Bonchev–Trinajstić information content (AvgIpc) is 2.45. The molecule has 0 aromatic heterocycles. The Morgan fingerprint density at radius 2 is 1.90 bits per heavy atom. The third kappa shape index (κ3) is 3.57. The van der Waals surface area contributed by atoms with E-state index in [-0.39, 0.29) is 5.75 Å². The van der Waals surface area contributed by atoms with Crippen molar-refractivity contribution in [1.29, 1.82) is 0 Å². The predicted octanol–water partition coefficient (Wildman–Crippen LogP) is 3.03. The highest BCUT2D eigenvalue weighted by molar-refractivity contribution is 5.72. The van der Waals surface area contributed by atoms with Crippen molar-refractivity contribution in [2.24, 2.45) is 0 Å². The molecule has 2 aromatic carbocycles. The van der Waals surface area contributed by atoms with E-state index in [1.807, 2.05) is 37.3 Å². The van der Waals surface area contributed by atoms with Gasteiger partial charge in [0.1, 0.15) is 11.5 Å². The Hall–Kier alpha value is -2.36. The van der Waals surface area contributed by atoms with Crippen LogP contribution in [0.5, 0.6) is 11.5 Å². The Labute approximate surface area is 119 Å². The van der Waals surface area contributed by atoms with Crippen molar-refractivity contribution in [2.45, 2.75) is 13.3 Å². The third-order valence-corrected chi connectivity index (χ3v) is 3.03. The third-order valence-electron chi connectivity index (χ3n) is 3.03. The lowest BCUT2D eigenvalue weighted by Gasteiger charge is -2.13. The van der Waals surface area contributed by atoms with Gasteiger partial charge in [-0.05, 0) is 43.2 Å². The summed E-state index contributed by atoms with van der Waals surface area (Å²) in [7, 11) is 0. The molecule has 0 aliphatic rings. The number of ether oxygens (including phenoxy) is 1. The molecule has 106 valence electrons. The van der Waals surface area contributed by atoms with Crippen LogP contribution >= 0.6 is 0 Å². The Kier molecular flexibility index (Phi) is 4.71. The zero-order valence-electron chi connectivity index (χ0n) is 11.6. The van der Waals surface area contributed by atoms with Crippen molar-refractivity contribution >= 4 is 11.4 Å². The second-order valence-corrected chi connectivity index (χ2v) is 4.49. The lowest BCUT2D eigenvalue weighted by molar-refractivity contribution is 0.342. The number of aromatic hydroxyl groups is 1. The van der Waals surface area contributed by atoms with Crippen molar-refractivity contribution < 1.29 is 9.84 Å². The van der Waals surface area contributed by atoms with Gasteiger partial charge in [0.2, 0.25) is 0 Å². The molecule has 0 spiro atoms. The number of para-hydroxylation sites is 1. The van der Waals surface area contributed by atoms with Crippen molar-refractivity contribution in [1.82, 2.24) is 0 Å². The summed E-state index contributed by atoms with van der Waals surface area (Å²) in [6.45, 7) is 3.30. The molecule has 2 rings (SSSR count). The van der Waals surface area contributed by atoms with Crippen LogP contribution in [-0.2, 0) is 6.42 Å². The molecular formula is C16H20N2O2. The molecule has 0 bridgehead atoms. The van der Waals surface area contributed by atoms with Gasteiger partial charge in [0.15, 0.2) is 0 Å². The topological polar surface area (TPSA) is 67.5 Å². The summed E-state index contributed by atoms with van der Waals surface area (Å²) >= 11 is 0. The van der Waals surface area contributed by atoms with Gasteiger partial charge in [-0.1, -0.05) is 18.2 Å². The molecule has 20 heavy (non-hydrogen) atoms. The molecule has 0 heterocycles. The van der Waals surface area contributed by atoms with Crippen molar-refractivity contribution in [3.63, 3.8) is 0 Å². The molecule has 2 aromatic rings. The number of nitrogens with one attached hydrogen (secondary N) is 1. The summed E-state index contributed by atoms with van der Waals surface area (Å²) in [4.78, 5) is 0. The Morgan fingerprint density at radius 1 is 1.15 bits per heavy atom. The number of benzene rings is 2. The van der Waals surface area contributed by atoms with Crippen LogP contribution in [-0.4, -0.2) is 18.3 Å². The van der Waals surface area contributed by atoms with Crippen LogP contribution in [0.25, 0.3) is 0 Å². The molecule has 4 nitrogen and oxygen atoms in total. The van der Waals surface area contributed by atoms with E-state index in [9.17, 15) is 5.11 Å². The molecule has 4 heteroatoms. The lowest BCUT2D eigenvalue weighted by atomic mass is 10.1. The fraction of sp³-hybridized carbons (Fsp3) is 0.250. The van der Waals surface area contributed by atoms with Gasteiger partial charge in [0.25, 0.3) is 0 Å². The highest BCUT2D eigenvalue weighted by Gasteiger charge is 2.04. The quantitative estimate of drug-likeness (QED) is 0.707. The first kappa shape index (κ1) is 14.1. The molecule has 0 atom stereocenters. The summed E-state index contributed by atoms with van der Waals surface area (Å²) in [6, 6.07) is 12.9. The van der Waals surface area contributed by atoms with Gasteiger partial charge >= 0.3 is 0 Å². The van der Waals surface area contributed by atoms with Crippen LogP contribution in [0.2, 0.25) is 0 Å². The van der Waals surface area contributed by atoms with Gasteiger partial charge in [-0.2, -0.15) is 0 Å². The zero-order chi connectivity index (χ0) is 14.4. The minimum atomic E-state index is 0.287. The zero-order valence-corrected chi connectivity index (χ0v) is 11.6. The maximum absolute atomic E-state index is 9.23. The van der Waals surface area contributed by atoms with Crippen LogP contribution in [0.4, 0.5) is 11.4 Å². The largest absolute Gasteiger partial charge is 0.508 e. The molecule has 0 aliphatic heterocycles. The van der Waals surface area contributed by atoms with E-state index in [1.54, 1.807) is 12.1 Å². The fourth-order valence-corrected chi connectivity index (χ4v) is 1.98. The number of phenolic OH excluding ortho intramolecular Hbond substituents is 1. The summed E-state index contributed by atoms with van der Waals surface area (Å²) in [5, 5.41) is 12.5. The molecule has 0 saturated heterocycles. The van der Waals surface area contributed by atoms with Gasteiger partial charge in [-0.3, -0.25) is 0 Å². The summed E-state index contributed by atoms with van der Waals surface area (Å²) in [5.41, 5.74) is 8.73. The van der Waals surface area contributed by atoms with Crippen LogP contribution in [0.3, 0.4) is 0 Å². The molecule has 0 unspecified atom stereocenters. The molecule has 0 saturated carbocycles. The molecule has 0 fully saturated rings. The minimum absolute atomic E-state index is 0.287. The summed E-state index contributed by atoms with van der Waals surface area (Å²) < 4.78 is 5.46. The van der Waals surface area contributed by atoms with E-state index in [0.717, 1.165) is 24.2 Å². The molecule has 0 aliphatic carbocycles. The van der Waals surface area contributed by atoms with E-state index in [0.29, 0.717) is 18.0 Å². The Balaban J connectivity index is 1.94. The number of hydrogen-bond acceptors (Lipinski definition) is 4. The Bertz CT molecular complexity index is 553. The van der Waals surface area contributed by atoms with E-state index >= 15 is 0 Å². The number of nitrogens with two attached hydrogens (primary N) is 1. The van der Waals surface area contributed by atoms with Crippen LogP contribution < -0.4 is 15.8 Å². The number of anilines is 2. The number of phenols is 1. The number of rotatable bonds is 6. The SMILES string of the molecule is CCOc1cccc(NCCc2ccc(O)cc2)c1N. The van der Waals surface area contributed by atoms with Crippen LogP contribution in [0, 0.1) is 0 Å². The normalized spacial score (nSPS) is 10.2. The van der Waals surface area contributed by atoms with E-state index in [1.165, 1.54) is 0 Å². The van der Waals surface area contributed by atoms with Gasteiger partial charge in [0, 0.05) is 6.54 Å². The molecule has 0 amide bonds. The fourth-order valence-electron chi connectivity index (χ4n) is 1.98. The minimum Gasteiger partial charge on any atom is -0.508 e. The highest BCUT2D eigenvalue weighted by atomic mass is 16.5. The first-order valence-electron chi connectivity index (χ1n) is 6.73. The standard InChI is InChI=1S/C16H20N2O2/c1-2-20-15-5-3-4-14(16(15)17)18-11-10-12-6-8-13(19)9-7-12/h3-9,18-19H,2,10-11,17H2,1H3. The first-order chi connectivity index (χ1) is 9.70. The molecular weight excluding hydrogens is 252 g/mol. The monoisotopic (exact) mass is 272 g/mol. The first-order valence-corrected chi connectivity index (χ1v) is 6.73. The smallest absolute Gasteiger partial charge is 0.144 e. The second kappa shape index (κ2) is 6.70. The number of nitrogen functional groups attached to an aromatic ring is 1. The maximum Gasteiger partial charge on any atom is 0.144 e. The maximum atomic E-state index is 9.23. The van der Waals surface area contributed by atoms with Crippen molar-refractivity contribution in [2.75, 3.05) is 24.2 Å². The van der Waals surface area contributed by atoms with Gasteiger partial charge in [-0.25, -0.2) is 0 Å². The van der Waals surface area contributed by atoms with Gasteiger partial charge < -0.3 is 20.9 Å². The van der Waals surface area contributed by atoms with E-state index in [4.69, 9.17) is 10.5 Å². The molecule has 0 radical (unpaired) electrons. The van der Waals surface area contributed by atoms with Crippen molar-refractivity contribution in [3.8, 4) is 11.5 Å². The van der Waals surface area contributed by atoms with Crippen LogP contribution in [0.15, 0.2) is 42.5 Å². The van der Waals surface area contributed by atoms with Gasteiger partial charge in [-0.15, -0.1) is 0 Å². The second-order valence-electron chi connectivity index (χ2n) is 4.49. The van der Waals surface area contributed by atoms with Crippen LogP contribution in [0.1, 0.15) is 12.5 Å². The Morgan fingerprint density at radius 3 is 2.60 bits per heavy atom.